The number of ether oxygens (including phenoxy) is 6. The van der Waals surface area contributed by atoms with Gasteiger partial charge in [0.05, 0.1) is 19.8 Å². The van der Waals surface area contributed by atoms with Crippen LogP contribution in [0.5, 0.6) is 0 Å². The summed E-state index contributed by atoms with van der Waals surface area (Å²) < 4.78 is 33.4. The van der Waals surface area contributed by atoms with Crippen molar-refractivity contribution in [3.05, 3.63) is 60.8 Å². The molecule has 64 heavy (non-hydrogen) atoms. The van der Waals surface area contributed by atoms with E-state index in [4.69, 9.17) is 28.4 Å². The Morgan fingerprint density at radius 3 is 1.59 bits per heavy atom. The van der Waals surface area contributed by atoms with Crippen molar-refractivity contribution in [3.63, 3.8) is 0 Å². The molecule has 0 radical (unpaired) electrons. The number of aliphatic hydroxyl groups excluding tert-OH is 7. The van der Waals surface area contributed by atoms with Crippen molar-refractivity contribution in [3.8, 4) is 0 Å². The molecule has 2 aliphatic heterocycles. The van der Waals surface area contributed by atoms with Crippen LogP contribution in [0.15, 0.2) is 60.8 Å². The maximum atomic E-state index is 12.9. The third kappa shape index (κ3) is 24.6. The Morgan fingerprint density at radius 1 is 0.516 bits per heavy atom. The van der Waals surface area contributed by atoms with Crippen molar-refractivity contribution >= 4 is 11.9 Å². The smallest absolute Gasteiger partial charge is 0.306 e. The summed E-state index contributed by atoms with van der Waals surface area (Å²) in [7, 11) is 0. The molecule has 15 heteroatoms. The van der Waals surface area contributed by atoms with Gasteiger partial charge in [0.15, 0.2) is 18.7 Å². The van der Waals surface area contributed by atoms with Gasteiger partial charge in [-0.1, -0.05) is 113 Å². The second-order valence-corrected chi connectivity index (χ2v) is 16.5. The van der Waals surface area contributed by atoms with Crippen molar-refractivity contribution < 1.29 is 73.8 Å². The second kappa shape index (κ2) is 36.3. The molecule has 0 spiro atoms. The fraction of sp³-hybridized carbons (Fsp3) is 0.755. The van der Waals surface area contributed by atoms with Gasteiger partial charge in [-0.2, -0.15) is 0 Å². The quantitative estimate of drug-likeness (QED) is 0.0230. The van der Waals surface area contributed by atoms with Crippen molar-refractivity contribution in [2.75, 3.05) is 26.4 Å². The molecule has 0 aromatic carbocycles. The normalized spacial score (nSPS) is 27.1. The highest BCUT2D eigenvalue weighted by molar-refractivity contribution is 5.70. The first kappa shape index (κ1) is 57.3. The van der Waals surface area contributed by atoms with Crippen LogP contribution in [0.1, 0.15) is 142 Å². The molecule has 0 saturated carbocycles. The molecular weight excluding hydrogens is 829 g/mol. The zero-order chi connectivity index (χ0) is 46.8. The molecule has 4 unspecified atom stereocenters. The summed E-state index contributed by atoms with van der Waals surface area (Å²) in [6.07, 6.45) is 22.6. The fourth-order valence-corrected chi connectivity index (χ4v) is 7.02. The Kier molecular flexibility index (Phi) is 32.5. The number of carbonyl (C=O) groups is 2. The summed E-state index contributed by atoms with van der Waals surface area (Å²) in [5.74, 6) is -0.999. The maximum absolute atomic E-state index is 12.9. The Balaban J connectivity index is 1.87. The molecule has 2 saturated heterocycles. The summed E-state index contributed by atoms with van der Waals surface area (Å²) in [6, 6.07) is 0. The number of hydrogen-bond donors (Lipinski definition) is 7. The number of allylic oxidation sites excluding steroid dienone is 10. The van der Waals surface area contributed by atoms with E-state index in [0.717, 1.165) is 64.2 Å². The van der Waals surface area contributed by atoms with Gasteiger partial charge in [-0.15, -0.1) is 0 Å². The van der Waals surface area contributed by atoms with Crippen LogP contribution in [0.2, 0.25) is 0 Å². The molecular formula is C49H82O15. The highest BCUT2D eigenvalue weighted by Gasteiger charge is 2.47. The van der Waals surface area contributed by atoms with Gasteiger partial charge in [-0.3, -0.25) is 9.59 Å². The maximum Gasteiger partial charge on any atom is 0.306 e. The van der Waals surface area contributed by atoms with E-state index in [1.165, 1.54) is 38.5 Å². The lowest BCUT2D eigenvalue weighted by atomic mass is 9.98. The first-order valence-electron chi connectivity index (χ1n) is 23.9. The molecule has 11 atom stereocenters. The third-order valence-corrected chi connectivity index (χ3v) is 11.0. The van der Waals surface area contributed by atoms with Crippen LogP contribution in [-0.4, -0.2) is 142 Å². The van der Waals surface area contributed by atoms with Gasteiger partial charge in [-0.25, -0.2) is 0 Å². The lowest BCUT2D eigenvalue weighted by Crippen LogP contribution is -2.61. The van der Waals surface area contributed by atoms with Crippen LogP contribution in [0.3, 0.4) is 0 Å². The summed E-state index contributed by atoms with van der Waals surface area (Å²) in [4.78, 5) is 25.6. The topological polar surface area (TPSA) is 231 Å². The highest BCUT2D eigenvalue weighted by atomic mass is 16.7. The van der Waals surface area contributed by atoms with E-state index in [0.29, 0.717) is 12.8 Å². The summed E-state index contributed by atoms with van der Waals surface area (Å²) >= 11 is 0. The molecule has 0 amide bonds. The molecule has 7 N–H and O–H groups in total. The summed E-state index contributed by atoms with van der Waals surface area (Å²) in [5.41, 5.74) is 0. The Labute approximate surface area is 381 Å². The largest absolute Gasteiger partial charge is 0.462 e. The first-order valence-corrected chi connectivity index (χ1v) is 23.9. The number of hydrogen-bond acceptors (Lipinski definition) is 15. The van der Waals surface area contributed by atoms with Gasteiger partial charge in [0, 0.05) is 12.8 Å². The van der Waals surface area contributed by atoms with Crippen LogP contribution in [0, 0.1) is 0 Å². The molecule has 368 valence electrons. The molecule has 0 bridgehead atoms. The van der Waals surface area contributed by atoms with E-state index in [2.05, 4.69) is 74.6 Å². The number of unbranched alkanes of at least 4 members (excludes halogenated alkanes) is 11. The van der Waals surface area contributed by atoms with Gasteiger partial charge in [-0.05, 0) is 77.0 Å². The zero-order valence-electron chi connectivity index (χ0n) is 38.5. The van der Waals surface area contributed by atoms with Crippen LogP contribution >= 0.6 is 0 Å². The van der Waals surface area contributed by atoms with E-state index in [1.807, 2.05) is 0 Å². The number of rotatable bonds is 35. The minimum Gasteiger partial charge on any atom is -0.462 e. The predicted octanol–water partition coefficient (Wildman–Crippen LogP) is 5.70. The standard InChI is InChI=1S/C49H82O15/c1-3-5-7-9-11-13-15-17-18-20-21-23-25-27-29-31-40(51)59-34-37(62-41(52)32-30-28-26-24-22-19-16-14-12-10-8-6-4-2)35-60-48-47(58)45(56)43(54)39(64-48)36-61-49-46(57)44(55)42(53)38(33-50)63-49/h5,7,11,13,17-19,21-23,37-39,42-50,53-58H,3-4,6,8-10,12,14-16,20,24-36H2,1-2H3/b7-5+,13-11+,18-17+,22-19+,23-21+/t37-,38-,39-,42+,43+,44?,45?,46?,47?,48-,49-/m1/s1. The van der Waals surface area contributed by atoms with Crippen LogP contribution in [0.4, 0.5) is 0 Å². The molecule has 2 aliphatic rings. The van der Waals surface area contributed by atoms with E-state index < -0.39 is 99.3 Å². The Bertz CT molecular complexity index is 1350. The molecule has 2 heterocycles. The SMILES string of the molecule is CC/C=C/C/C=C/C/C=C/C/C=C/CCCCC(=O)OC[C@H](CO[C@@H]1O[C@H](CO[C@@H]2O[C@H](CO)[C@H](O)C(O)C2O)[C@H](O)C(O)C1O)OC(=O)CCCCC/C=C/CCCCCCCC. The van der Waals surface area contributed by atoms with E-state index in [-0.39, 0.29) is 19.4 Å². The lowest BCUT2D eigenvalue weighted by Gasteiger charge is -2.42. The molecule has 0 aliphatic carbocycles. The average molecular weight is 911 g/mol. The average Bonchev–Trinajstić information content (AvgIpc) is 3.29. The van der Waals surface area contributed by atoms with Gasteiger partial charge in [0.2, 0.25) is 0 Å². The van der Waals surface area contributed by atoms with Crippen molar-refractivity contribution in [1.82, 2.24) is 0 Å². The number of aliphatic hydroxyl groups is 7. The van der Waals surface area contributed by atoms with Gasteiger partial charge < -0.3 is 64.2 Å². The van der Waals surface area contributed by atoms with E-state index >= 15 is 0 Å². The summed E-state index contributed by atoms with van der Waals surface area (Å²) in [6.45, 7) is 2.38. The highest BCUT2D eigenvalue weighted by Crippen LogP contribution is 2.26. The molecule has 0 aromatic heterocycles. The summed E-state index contributed by atoms with van der Waals surface area (Å²) in [5, 5.41) is 71.9. The van der Waals surface area contributed by atoms with Gasteiger partial charge >= 0.3 is 11.9 Å². The number of carbonyl (C=O) groups excluding carboxylic acids is 2. The van der Waals surface area contributed by atoms with E-state index in [1.54, 1.807) is 0 Å². The minimum atomic E-state index is -1.77. The minimum absolute atomic E-state index is 0.133. The molecule has 0 aromatic rings. The zero-order valence-corrected chi connectivity index (χ0v) is 38.5. The number of esters is 2. The Hall–Kier alpha value is -2.80. The van der Waals surface area contributed by atoms with Crippen molar-refractivity contribution in [2.45, 2.75) is 210 Å². The molecule has 2 rings (SSSR count). The third-order valence-electron chi connectivity index (χ3n) is 11.0. The molecule has 2 fully saturated rings. The van der Waals surface area contributed by atoms with Gasteiger partial charge in [0.1, 0.15) is 55.4 Å². The van der Waals surface area contributed by atoms with Crippen molar-refractivity contribution in [1.29, 1.82) is 0 Å². The fourth-order valence-electron chi connectivity index (χ4n) is 7.02. The predicted molar refractivity (Wildman–Crippen MR) is 243 cm³/mol. The Morgan fingerprint density at radius 2 is 0.984 bits per heavy atom. The van der Waals surface area contributed by atoms with Crippen LogP contribution in [-0.2, 0) is 38.0 Å². The lowest BCUT2D eigenvalue weighted by molar-refractivity contribution is -0.332. The monoisotopic (exact) mass is 911 g/mol. The van der Waals surface area contributed by atoms with Crippen LogP contribution in [0.25, 0.3) is 0 Å². The van der Waals surface area contributed by atoms with Crippen LogP contribution < -0.4 is 0 Å². The molecule has 15 nitrogen and oxygen atoms in total. The van der Waals surface area contributed by atoms with Gasteiger partial charge in [0.25, 0.3) is 0 Å². The second-order valence-electron chi connectivity index (χ2n) is 16.5. The van der Waals surface area contributed by atoms with E-state index in [9.17, 15) is 45.3 Å². The van der Waals surface area contributed by atoms with Crippen molar-refractivity contribution in [2.24, 2.45) is 0 Å². The first-order chi connectivity index (χ1) is 31.0.